The van der Waals surface area contributed by atoms with Gasteiger partial charge in [-0.25, -0.2) is 4.98 Å². The summed E-state index contributed by atoms with van der Waals surface area (Å²) in [4.78, 5) is 34.3. The minimum Gasteiger partial charge on any atom is -0.346 e. The van der Waals surface area contributed by atoms with Crippen LogP contribution in [0.3, 0.4) is 0 Å². The van der Waals surface area contributed by atoms with E-state index in [1.807, 2.05) is 24.3 Å². The maximum Gasteiger partial charge on any atom is 0.224 e. The minimum atomic E-state index is -0.247. The number of hydrogen-bond acceptors (Lipinski definition) is 3. The van der Waals surface area contributed by atoms with Gasteiger partial charge in [0.25, 0.3) is 0 Å². The van der Waals surface area contributed by atoms with Crippen molar-refractivity contribution < 1.29 is 9.59 Å². The molecule has 6 nitrogen and oxygen atoms in total. The van der Waals surface area contributed by atoms with Gasteiger partial charge in [-0.3, -0.25) is 9.59 Å². The van der Waals surface area contributed by atoms with Gasteiger partial charge in [0.1, 0.15) is 5.82 Å². The van der Waals surface area contributed by atoms with Crippen LogP contribution in [0.15, 0.2) is 24.3 Å². The Hall–Kier alpha value is -2.37. The fourth-order valence-electron chi connectivity index (χ4n) is 3.30. The molecule has 1 fully saturated rings. The topological polar surface area (TPSA) is 78.1 Å². The van der Waals surface area contributed by atoms with Crippen molar-refractivity contribution in [3.8, 4) is 0 Å². The van der Waals surface area contributed by atoms with E-state index in [-0.39, 0.29) is 30.2 Å². The summed E-state index contributed by atoms with van der Waals surface area (Å²) in [5.74, 6) is 0.936. The standard InChI is InChI=1S/C19H26N4O2/c1-12(2)10-16(18-20-14-6-4-5-7-15(14)21-18)22-19(25)13-8-9-23(3)17(24)11-13/h4-7,12-13,16H,8-11H2,1-3H3,(H,20,21)(H,22,25)/t13-,16-/m1/s1. The van der Waals surface area contributed by atoms with Crippen LogP contribution in [0.2, 0.25) is 0 Å². The average molecular weight is 342 g/mol. The molecule has 0 spiro atoms. The summed E-state index contributed by atoms with van der Waals surface area (Å²) in [5.41, 5.74) is 1.87. The zero-order valence-corrected chi connectivity index (χ0v) is 15.1. The first kappa shape index (κ1) is 17.5. The number of benzene rings is 1. The molecule has 0 bridgehead atoms. The van der Waals surface area contributed by atoms with Gasteiger partial charge >= 0.3 is 0 Å². The van der Waals surface area contributed by atoms with Crippen LogP contribution >= 0.6 is 0 Å². The number of rotatable bonds is 5. The highest BCUT2D eigenvalue weighted by molar-refractivity contribution is 5.87. The SMILES string of the molecule is CC(C)C[C@@H](NC(=O)[C@@H]1CCN(C)C(=O)C1)c1nc2ccccc2[nH]1. The van der Waals surface area contributed by atoms with E-state index >= 15 is 0 Å². The number of amides is 2. The summed E-state index contributed by atoms with van der Waals surface area (Å²) in [7, 11) is 1.78. The highest BCUT2D eigenvalue weighted by Gasteiger charge is 2.30. The third-order valence-electron chi connectivity index (χ3n) is 4.79. The molecule has 1 aromatic carbocycles. The number of hydrogen-bond donors (Lipinski definition) is 2. The molecule has 6 heteroatoms. The van der Waals surface area contributed by atoms with Crippen LogP contribution in [0.25, 0.3) is 11.0 Å². The van der Waals surface area contributed by atoms with Crippen molar-refractivity contribution in [3.05, 3.63) is 30.1 Å². The number of carbonyl (C=O) groups excluding carboxylic acids is 2. The maximum atomic E-state index is 12.7. The lowest BCUT2D eigenvalue weighted by Crippen LogP contribution is -2.43. The molecule has 0 radical (unpaired) electrons. The van der Waals surface area contributed by atoms with Crippen LogP contribution in [0.1, 0.15) is 45.0 Å². The Labute approximate surface area is 148 Å². The Bertz CT molecular complexity index is 735. The maximum absolute atomic E-state index is 12.7. The van der Waals surface area contributed by atoms with Crippen molar-refractivity contribution >= 4 is 22.8 Å². The van der Waals surface area contributed by atoms with E-state index < -0.39 is 0 Å². The fraction of sp³-hybridized carbons (Fsp3) is 0.526. The smallest absolute Gasteiger partial charge is 0.224 e. The van der Waals surface area contributed by atoms with E-state index in [1.165, 1.54) is 0 Å². The lowest BCUT2D eigenvalue weighted by atomic mass is 9.94. The number of nitrogens with one attached hydrogen (secondary N) is 2. The van der Waals surface area contributed by atoms with Crippen LogP contribution in [0, 0.1) is 11.8 Å². The molecule has 2 N–H and O–H groups in total. The predicted molar refractivity (Wildman–Crippen MR) is 96.8 cm³/mol. The van der Waals surface area contributed by atoms with E-state index in [9.17, 15) is 9.59 Å². The predicted octanol–water partition coefficient (Wildman–Crippen LogP) is 2.63. The molecule has 1 aromatic heterocycles. The zero-order valence-electron chi connectivity index (χ0n) is 15.1. The van der Waals surface area contributed by atoms with E-state index in [0.29, 0.717) is 18.9 Å². The summed E-state index contributed by atoms with van der Waals surface area (Å²) >= 11 is 0. The van der Waals surface area contributed by atoms with Gasteiger partial charge < -0.3 is 15.2 Å². The second-order valence-electron chi connectivity index (χ2n) is 7.33. The molecule has 0 saturated carbocycles. The van der Waals surface area contributed by atoms with Gasteiger partial charge in [-0.05, 0) is 30.9 Å². The van der Waals surface area contributed by atoms with Gasteiger partial charge in [-0.1, -0.05) is 26.0 Å². The number of carbonyl (C=O) groups is 2. The quantitative estimate of drug-likeness (QED) is 0.877. The summed E-state index contributed by atoms with van der Waals surface area (Å²) < 4.78 is 0. The second-order valence-corrected chi connectivity index (χ2v) is 7.33. The minimum absolute atomic E-state index is 0.0375. The molecule has 1 aliphatic rings. The first-order chi connectivity index (χ1) is 11.9. The molecule has 1 saturated heterocycles. The molecular weight excluding hydrogens is 316 g/mol. The lowest BCUT2D eigenvalue weighted by Gasteiger charge is -2.29. The second kappa shape index (κ2) is 7.25. The Kier molecular flexibility index (Phi) is 5.06. The highest BCUT2D eigenvalue weighted by atomic mass is 16.2. The Morgan fingerprint density at radius 3 is 2.84 bits per heavy atom. The average Bonchev–Trinajstić information content (AvgIpc) is 3.00. The third-order valence-corrected chi connectivity index (χ3v) is 4.79. The highest BCUT2D eigenvalue weighted by Crippen LogP contribution is 2.24. The summed E-state index contributed by atoms with van der Waals surface area (Å²) in [6.07, 6.45) is 1.80. The van der Waals surface area contributed by atoms with Crippen molar-refractivity contribution in [3.63, 3.8) is 0 Å². The third kappa shape index (κ3) is 4.00. The van der Waals surface area contributed by atoms with Crippen molar-refractivity contribution in [2.75, 3.05) is 13.6 Å². The van der Waals surface area contributed by atoms with Crippen molar-refractivity contribution in [2.45, 2.75) is 39.2 Å². The van der Waals surface area contributed by atoms with Gasteiger partial charge in [-0.15, -0.1) is 0 Å². The molecule has 0 unspecified atom stereocenters. The van der Waals surface area contributed by atoms with E-state index in [1.54, 1.807) is 11.9 Å². The molecule has 134 valence electrons. The molecular formula is C19H26N4O2. The molecule has 3 rings (SSSR count). The molecule has 25 heavy (non-hydrogen) atoms. The summed E-state index contributed by atoms with van der Waals surface area (Å²) in [6.45, 7) is 4.89. The first-order valence-electron chi connectivity index (χ1n) is 8.93. The normalized spacial score (nSPS) is 19.4. The van der Waals surface area contributed by atoms with Crippen molar-refractivity contribution in [2.24, 2.45) is 11.8 Å². The number of H-pyrrole nitrogens is 1. The number of imidazole rings is 1. The van der Waals surface area contributed by atoms with E-state index in [2.05, 4.69) is 29.1 Å². The van der Waals surface area contributed by atoms with Crippen molar-refractivity contribution in [1.82, 2.24) is 20.2 Å². The van der Waals surface area contributed by atoms with E-state index in [0.717, 1.165) is 23.3 Å². The molecule has 0 aliphatic carbocycles. The first-order valence-corrected chi connectivity index (χ1v) is 8.93. The Morgan fingerprint density at radius 2 is 2.16 bits per heavy atom. The van der Waals surface area contributed by atoms with Gasteiger partial charge in [0.2, 0.25) is 11.8 Å². The number of para-hydroxylation sites is 2. The van der Waals surface area contributed by atoms with Crippen LogP contribution in [-0.2, 0) is 9.59 Å². The van der Waals surface area contributed by atoms with Crippen LogP contribution in [0.5, 0.6) is 0 Å². The fourth-order valence-corrected chi connectivity index (χ4v) is 3.30. The van der Waals surface area contributed by atoms with Crippen LogP contribution in [0.4, 0.5) is 0 Å². The molecule has 1 aliphatic heterocycles. The summed E-state index contributed by atoms with van der Waals surface area (Å²) in [5, 5.41) is 3.13. The number of piperidine rings is 1. The molecule has 2 heterocycles. The number of aromatic amines is 1. The lowest BCUT2D eigenvalue weighted by molar-refractivity contribution is -0.139. The van der Waals surface area contributed by atoms with Gasteiger partial charge in [0.05, 0.1) is 17.1 Å². The Balaban J connectivity index is 1.76. The van der Waals surface area contributed by atoms with Gasteiger partial charge in [0, 0.05) is 25.9 Å². The molecule has 2 aromatic rings. The van der Waals surface area contributed by atoms with Crippen LogP contribution in [-0.4, -0.2) is 40.3 Å². The Morgan fingerprint density at radius 1 is 1.40 bits per heavy atom. The number of likely N-dealkylation sites (tertiary alicyclic amines) is 1. The van der Waals surface area contributed by atoms with Gasteiger partial charge in [0.15, 0.2) is 0 Å². The molecule has 2 amide bonds. The summed E-state index contributed by atoms with van der Waals surface area (Å²) in [6, 6.07) is 7.68. The van der Waals surface area contributed by atoms with Crippen molar-refractivity contribution in [1.29, 1.82) is 0 Å². The van der Waals surface area contributed by atoms with Gasteiger partial charge in [-0.2, -0.15) is 0 Å². The zero-order chi connectivity index (χ0) is 18.0. The van der Waals surface area contributed by atoms with Crippen LogP contribution < -0.4 is 5.32 Å². The monoisotopic (exact) mass is 342 g/mol. The number of aromatic nitrogens is 2. The van der Waals surface area contributed by atoms with E-state index in [4.69, 9.17) is 0 Å². The number of fused-ring (bicyclic) bond motifs is 1. The molecule has 2 atom stereocenters. The largest absolute Gasteiger partial charge is 0.346 e. The number of nitrogens with zero attached hydrogens (tertiary/aromatic N) is 2.